The molecule has 1 saturated heterocycles. The van der Waals surface area contributed by atoms with E-state index in [0.717, 1.165) is 18.4 Å². The summed E-state index contributed by atoms with van der Waals surface area (Å²) < 4.78 is 0. The number of nitrogens with zero attached hydrogens (tertiary/aromatic N) is 3. The molecule has 5 nitrogen and oxygen atoms in total. The van der Waals surface area contributed by atoms with Gasteiger partial charge in [0.25, 0.3) is 0 Å². The van der Waals surface area contributed by atoms with Gasteiger partial charge in [-0.2, -0.15) is 0 Å². The van der Waals surface area contributed by atoms with E-state index in [1.54, 1.807) is 0 Å². The zero-order valence-electron chi connectivity index (χ0n) is 16.1. The first-order valence-electron chi connectivity index (χ1n) is 9.39. The van der Waals surface area contributed by atoms with E-state index in [2.05, 4.69) is 53.2 Å². The largest absolute Gasteiger partial charge is 0.356 e. The Kier molecular flexibility index (Phi) is 10.3. The summed E-state index contributed by atoms with van der Waals surface area (Å²) >= 11 is 0. The molecular formula is C18H39N5. The second-order valence-corrected chi connectivity index (χ2v) is 7.37. The average Bonchev–Trinajstić information content (AvgIpc) is 2.72. The molecule has 1 unspecified atom stereocenters. The predicted molar refractivity (Wildman–Crippen MR) is 101 cm³/mol. The smallest absolute Gasteiger partial charge is 0.191 e. The number of aliphatic imine (C=N–C) groups is 1. The summed E-state index contributed by atoms with van der Waals surface area (Å²) in [5.41, 5.74) is 0. The van der Waals surface area contributed by atoms with Crippen molar-refractivity contribution in [3.63, 3.8) is 0 Å². The van der Waals surface area contributed by atoms with Crippen LogP contribution in [0.5, 0.6) is 0 Å². The topological polar surface area (TPSA) is 42.9 Å². The Hall–Kier alpha value is -0.810. The highest BCUT2D eigenvalue weighted by Crippen LogP contribution is 2.06. The second-order valence-electron chi connectivity index (χ2n) is 7.37. The Balaban J connectivity index is 2.14. The van der Waals surface area contributed by atoms with Gasteiger partial charge in [0, 0.05) is 32.7 Å². The van der Waals surface area contributed by atoms with Crippen LogP contribution in [0.15, 0.2) is 4.99 Å². The SMILES string of the molecule is CN=C(NCCCN1CCCN(C)CC1)NC(C)CCC(C)C. The molecule has 1 heterocycles. The summed E-state index contributed by atoms with van der Waals surface area (Å²) in [5, 5.41) is 6.95. The van der Waals surface area contributed by atoms with E-state index in [9.17, 15) is 0 Å². The van der Waals surface area contributed by atoms with E-state index in [4.69, 9.17) is 0 Å². The third-order valence-electron chi connectivity index (χ3n) is 4.54. The molecule has 0 aromatic rings. The summed E-state index contributed by atoms with van der Waals surface area (Å²) in [6.45, 7) is 13.8. The maximum atomic E-state index is 4.34. The van der Waals surface area contributed by atoms with Crippen LogP contribution in [0.4, 0.5) is 0 Å². The van der Waals surface area contributed by atoms with E-state index in [1.165, 1.54) is 58.4 Å². The van der Waals surface area contributed by atoms with Crippen molar-refractivity contribution in [3.05, 3.63) is 0 Å². The van der Waals surface area contributed by atoms with Gasteiger partial charge in [-0.3, -0.25) is 4.99 Å². The fourth-order valence-electron chi connectivity index (χ4n) is 2.92. The van der Waals surface area contributed by atoms with Crippen LogP contribution in [-0.4, -0.2) is 75.2 Å². The number of likely N-dealkylation sites (N-methyl/N-ethyl adjacent to an activating group) is 1. The lowest BCUT2D eigenvalue weighted by molar-refractivity contribution is 0.274. The normalized spacial score (nSPS) is 19.7. The molecule has 0 aromatic heterocycles. The third-order valence-corrected chi connectivity index (χ3v) is 4.54. The number of hydrogen-bond acceptors (Lipinski definition) is 3. The predicted octanol–water partition coefficient (Wildman–Crippen LogP) is 2.00. The molecule has 5 heteroatoms. The van der Waals surface area contributed by atoms with Crippen LogP contribution in [0.1, 0.15) is 46.5 Å². The van der Waals surface area contributed by atoms with Crippen molar-refractivity contribution in [1.29, 1.82) is 0 Å². The quantitative estimate of drug-likeness (QED) is 0.407. The van der Waals surface area contributed by atoms with E-state index in [0.29, 0.717) is 6.04 Å². The van der Waals surface area contributed by atoms with Crippen molar-refractivity contribution in [2.75, 3.05) is 53.4 Å². The summed E-state index contributed by atoms with van der Waals surface area (Å²) in [6.07, 6.45) is 4.92. The van der Waals surface area contributed by atoms with Crippen LogP contribution >= 0.6 is 0 Å². The van der Waals surface area contributed by atoms with Gasteiger partial charge in [0.1, 0.15) is 0 Å². The standard InChI is InChI=1S/C18H39N5/c1-16(2)8-9-17(3)21-18(19-4)20-10-6-12-23-13-7-11-22(5)14-15-23/h16-17H,6-15H2,1-5H3,(H2,19,20,21). The second kappa shape index (κ2) is 11.7. The van der Waals surface area contributed by atoms with E-state index < -0.39 is 0 Å². The van der Waals surface area contributed by atoms with Gasteiger partial charge in [0.15, 0.2) is 5.96 Å². The van der Waals surface area contributed by atoms with Gasteiger partial charge < -0.3 is 20.4 Å². The molecular weight excluding hydrogens is 286 g/mol. The number of nitrogens with one attached hydrogen (secondary N) is 2. The van der Waals surface area contributed by atoms with Crippen LogP contribution < -0.4 is 10.6 Å². The van der Waals surface area contributed by atoms with E-state index in [1.807, 2.05) is 7.05 Å². The minimum absolute atomic E-state index is 0.477. The maximum absolute atomic E-state index is 4.34. The molecule has 1 fully saturated rings. The summed E-state index contributed by atoms with van der Waals surface area (Å²) in [7, 11) is 4.08. The van der Waals surface area contributed by atoms with Crippen LogP contribution in [-0.2, 0) is 0 Å². The molecule has 0 spiro atoms. The van der Waals surface area contributed by atoms with Crippen LogP contribution in [0.25, 0.3) is 0 Å². The first kappa shape index (κ1) is 20.2. The monoisotopic (exact) mass is 325 g/mol. The van der Waals surface area contributed by atoms with Gasteiger partial charge in [-0.05, 0) is 65.2 Å². The van der Waals surface area contributed by atoms with Crippen molar-refractivity contribution in [2.45, 2.75) is 52.5 Å². The number of guanidine groups is 1. The molecule has 0 saturated carbocycles. The minimum atomic E-state index is 0.477. The first-order chi connectivity index (χ1) is 11.0. The highest BCUT2D eigenvalue weighted by molar-refractivity contribution is 5.79. The van der Waals surface area contributed by atoms with Crippen LogP contribution in [0.2, 0.25) is 0 Å². The van der Waals surface area contributed by atoms with E-state index in [-0.39, 0.29) is 0 Å². The zero-order chi connectivity index (χ0) is 17.1. The summed E-state index contributed by atoms with van der Waals surface area (Å²) in [6, 6.07) is 0.477. The molecule has 0 bridgehead atoms. The van der Waals surface area contributed by atoms with Gasteiger partial charge in [0.2, 0.25) is 0 Å². The summed E-state index contributed by atoms with van der Waals surface area (Å²) in [4.78, 5) is 9.36. The third kappa shape index (κ3) is 9.82. The van der Waals surface area contributed by atoms with Crippen molar-refractivity contribution >= 4 is 5.96 Å². The van der Waals surface area contributed by atoms with Crippen LogP contribution in [0, 0.1) is 5.92 Å². The Morgan fingerprint density at radius 1 is 1.09 bits per heavy atom. The molecule has 1 aliphatic heterocycles. The first-order valence-corrected chi connectivity index (χ1v) is 9.39. The molecule has 1 aliphatic rings. The molecule has 136 valence electrons. The Morgan fingerprint density at radius 3 is 2.57 bits per heavy atom. The van der Waals surface area contributed by atoms with Gasteiger partial charge >= 0.3 is 0 Å². The molecule has 1 atom stereocenters. The number of rotatable bonds is 8. The molecule has 0 aliphatic carbocycles. The Morgan fingerprint density at radius 2 is 1.87 bits per heavy atom. The molecule has 2 N–H and O–H groups in total. The fraction of sp³-hybridized carbons (Fsp3) is 0.944. The lowest BCUT2D eigenvalue weighted by Crippen LogP contribution is -2.43. The number of hydrogen-bond donors (Lipinski definition) is 2. The lowest BCUT2D eigenvalue weighted by atomic mass is 10.0. The molecule has 1 rings (SSSR count). The minimum Gasteiger partial charge on any atom is -0.356 e. The van der Waals surface area contributed by atoms with Gasteiger partial charge in [-0.25, -0.2) is 0 Å². The van der Waals surface area contributed by atoms with Crippen LogP contribution in [0.3, 0.4) is 0 Å². The van der Waals surface area contributed by atoms with Crippen molar-refractivity contribution < 1.29 is 0 Å². The van der Waals surface area contributed by atoms with Crippen molar-refractivity contribution in [3.8, 4) is 0 Å². The van der Waals surface area contributed by atoms with Crippen molar-refractivity contribution in [1.82, 2.24) is 20.4 Å². The lowest BCUT2D eigenvalue weighted by Gasteiger charge is -2.21. The van der Waals surface area contributed by atoms with Crippen molar-refractivity contribution in [2.24, 2.45) is 10.9 Å². The Labute approximate surface area is 143 Å². The highest BCUT2D eigenvalue weighted by Gasteiger charge is 2.11. The molecule has 0 aromatic carbocycles. The zero-order valence-corrected chi connectivity index (χ0v) is 16.1. The highest BCUT2D eigenvalue weighted by atomic mass is 15.2. The van der Waals surface area contributed by atoms with Gasteiger partial charge in [-0.1, -0.05) is 13.8 Å². The molecule has 23 heavy (non-hydrogen) atoms. The average molecular weight is 326 g/mol. The molecule has 0 amide bonds. The summed E-state index contributed by atoms with van der Waals surface area (Å²) in [5.74, 6) is 1.71. The Bertz CT molecular complexity index is 329. The molecule has 0 radical (unpaired) electrons. The maximum Gasteiger partial charge on any atom is 0.191 e. The van der Waals surface area contributed by atoms with Gasteiger partial charge in [-0.15, -0.1) is 0 Å². The van der Waals surface area contributed by atoms with Gasteiger partial charge in [0.05, 0.1) is 0 Å². The fourth-order valence-corrected chi connectivity index (χ4v) is 2.92. The van der Waals surface area contributed by atoms with E-state index >= 15 is 0 Å².